The number of carbonyl (C=O) groups is 2. The van der Waals surface area contributed by atoms with E-state index in [2.05, 4.69) is 5.32 Å². The van der Waals surface area contributed by atoms with Crippen molar-refractivity contribution in [2.24, 2.45) is 0 Å². The van der Waals surface area contributed by atoms with Crippen LogP contribution in [0.2, 0.25) is 0 Å². The largest absolute Gasteiger partial charge is 0.445 e. The molecule has 0 saturated heterocycles. The first-order chi connectivity index (χ1) is 11.2. The van der Waals surface area contributed by atoms with E-state index in [0.717, 1.165) is 23.0 Å². The van der Waals surface area contributed by atoms with E-state index in [1.807, 2.05) is 61.5 Å². The second-order valence-electron chi connectivity index (χ2n) is 5.08. The van der Waals surface area contributed by atoms with Crippen molar-refractivity contribution >= 4 is 18.5 Å². The van der Waals surface area contributed by atoms with Crippen LogP contribution >= 0.6 is 0 Å². The number of nitrogens with one attached hydrogen (secondary N) is 1. The molecule has 0 aliphatic rings. The number of aldehydes is 1. The second-order valence-corrected chi connectivity index (χ2v) is 5.08. The minimum Gasteiger partial charge on any atom is -0.445 e. The van der Waals surface area contributed by atoms with Crippen molar-refractivity contribution in [3.05, 3.63) is 76.9 Å². The smallest absolute Gasteiger partial charge is 0.407 e. The molecular weight excluding hydrogens is 290 g/mol. The van der Waals surface area contributed by atoms with Crippen molar-refractivity contribution in [1.82, 2.24) is 5.32 Å². The van der Waals surface area contributed by atoms with Crippen LogP contribution in [0, 0.1) is 6.92 Å². The molecule has 23 heavy (non-hydrogen) atoms. The minimum absolute atomic E-state index is 0.253. The standard InChI is InChI=1S/C19H19NO3/c1-15-12-16(9-10-18(15)13-21)8-5-11-20-19(22)23-14-17-6-3-2-4-7-17/h2-10,12-13H,11,14H2,1H3,(H,20,22). The van der Waals surface area contributed by atoms with E-state index in [0.29, 0.717) is 12.1 Å². The summed E-state index contributed by atoms with van der Waals surface area (Å²) in [6.07, 6.45) is 4.11. The number of carbonyl (C=O) groups excluding carboxylic acids is 2. The molecule has 0 unspecified atom stereocenters. The number of ether oxygens (including phenoxy) is 1. The van der Waals surface area contributed by atoms with E-state index in [9.17, 15) is 9.59 Å². The molecule has 4 nitrogen and oxygen atoms in total. The van der Waals surface area contributed by atoms with Crippen LogP contribution < -0.4 is 5.32 Å². The number of hydrogen-bond acceptors (Lipinski definition) is 3. The minimum atomic E-state index is -0.453. The fraction of sp³-hybridized carbons (Fsp3) is 0.158. The predicted octanol–water partition coefficient (Wildman–Crippen LogP) is 3.75. The summed E-state index contributed by atoms with van der Waals surface area (Å²) in [5, 5.41) is 2.66. The number of hydrogen-bond donors (Lipinski definition) is 1. The summed E-state index contributed by atoms with van der Waals surface area (Å²) in [6.45, 7) is 2.52. The van der Waals surface area contributed by atoms with Gasteiger partial charge in [-0.2, -0.15) is 0 Å². The predicted molar refractivity (Wildman–Crippen MR) is 90.2 cm³/mol. The van der Waals surface area contributed by atoms with E-state index in [1.165, 1.54) is 0 Å². The Kier molecular flexibility index (Phi) is 6.12. The van der Waals surface area contributed by atoms with Crippen molar-refractivity contribution in [3.8, 4) is 0 Å². The summed E-state index contributed by atoms with van der Waals surface area (Å²) in [6, 6.07) is 15.1. The lowest BCUT2D eigenvalue weighted by Gasteiger charge is -2.05. The molecule has 0 aliphatic heterocycles. The van der Waals surface area contributed by atoms with Gasteiger partial charge in [-0.15, -0.1) is 0 Å². The van der Waals surface area contributed by atoms with Crippen LogP contribution in [0.1, 0.15) is 27.0 Å². The van der Waals surface area contributed by atoms with Crippen LogP contribution in [0.15, 0.2) is 54.6 Å². The highest BCUT2D eigenvalue weighted by Gasteiger charge is 2.00. The zero-order valence-corrected chi connectivity index (χ0v) is 13.0. The Morgan fingerprint density at radius 2 is 1.96 bits per heavy atom. The first-order valence-corrected chi connectivity index (χ1v) is 7.36. The molecule has 0 atom stereocenters. The maximum atomic E-state index is 11.6. The highest BCUT2D eigenvalue weighted by Crippen LogP contribution is 2.10. The first-order valence-electron chi connectivity index (χ1n) is 7.36. The summed E-state index contributed by atoms with van der Waals surface area (Å²) in [5.41, 5.74) is 3.54. The normalized spacial score (nSPS) is 10.5. The Balaban J connectivity index is 1.74. The third kappa shape index (κ3) is 5.43. The average molecular weight is 309 g/mol. The fourth-order valence-corrected chi connectivity index (χ4v) is 2.05. The van der Waals surface area contributed by atoms with E-state index >= 15 is 0 Å². The summed E-state index contributed by atoms with van der Waals surface area (Å²) >= 11 is 0. The van der Waals surface area contributed by atoms with Gasteiger partial charge in [0.15, 0.2) is 0 Å². The zero-order chi connectivity index (χ0) is 16.5. The van der Waals surface area contributed by atoms with Crippen molar-refractivity contribution in [1.29, 1.82) is 0 Å². The number of aryl methyl sites for hydroxylation is 1. The maximum Gasteiger partial charge on any atom is 0.407 e. The van der Waals surface area contributed by atoms with Gasteiger partial charge in [0.05, 0.1) is 0 Å². The van der Waals surface area contributed by atoms with Gasteiger partial charge in [-0.1, -0.05) is 60.7 Å². The SMILES string of the molecule is Cc1cc(C=CCNC(=O)OCc2ccccc2)ccc1C=O. The number of amides is 1. The average Bonchev–Trinajstić information content (AvgIpc) is 2.58. The van der Waals surface area contributed by atoms with Crippen molar-refractivity contribution in [2.45, 2.75) is 13.5 Å². The Labute approximate surface area is 135 Å². The van der Waals surface area contributed by atoms with Gasteiger partial charge >= 0.3 is 6.09 Å². The molecule has 2 aromatic rings. The monoisotopic (exact) mass is 309 g/mol. The van der Waals surface area contributed by atoms with E-state index in [1.54, 1.807) is 6.07 Å². The lowest BCUT2D eigenvalue weighted by Crippen LogP contribution is -2.24. The number of benzene rings is 2. The third-order valence-electron chi connectivity index (χ3n) is 3.31. The molecular formula is C19H19NO3. The summed E-state index contributed by atoms with van der Waals surface area (Å²) in [4.78, 5) is 22.3. The van der Waals surface area contributed by atoms with Gasteiger partial charge in [-0.05, 0) is 23.6 Å². The molecule has 0 bridgehead atoms. The van der Waals surface area contributed by atoms with Crippen LogP contribution in [0.3, 0.4) is 0 Å². The Morgan fingerprint density at radius 1 is 1.17 bits per heavy atom. The van der Waals surface area contributed by atoms with Crippen molar-refractivity contribution < 1.29 is 14.3 Å². The molecule has 0 spiro atoms. The summed E-state index contributed by atoms with van der Waals surface area (Å²) in [5.74, 6) is 0. The molecule has 0 radical (unpaired) electrons. The maximum absolute atomic E-state index is 11.6. The topological polar surface area (TPSA) is 55.4 Å². The summed E-state index contributed by atoms with van der Waals surface area (Å²) < 4.78 is 5.11. The lowest BCUT2D eigenvalue weighted by atomic mass is 10.1. The van der Waals surface area contributed by atoms with Gasteiger partial charge in [-0.3, -0.25) is 4.79 Å². The van der Waals surface area contributed by atoms with Crippen LogP contribution in [0.5, 0.6) is 0 Å². The molecule has 2 rings (SSSR count). The molecule has 118 valence electrons. The number of alkyl carbamates (subject to hydrolysis) is 1. The zero-order valence-electron chi connectivity index (χ0n) is 13.0. The lowest BCUT2D eigenvalue weighted by molar-refractivity contribution is 0.112. The molecule has 0 aromatic heterocycles. The van der Waals surface area contributed by atoms with Gasteiger partial charge in [-0.25, -0.2) is 4.79 Å². The van der Waals surface area contributed by atoms with Crippen LogP contribution in [-0.4, -0.2) is 18.9 Å². The first kappa shape index (κ1) is 16.5. The van der Waals surface area contributed by atoms with E-state index in [4.69, 9.17) is 4.74 Å². The molecule has 0 saturated carbocycles. The van der Waals surface area contributed by atoms with Gasteiger partial charge in [0.2, 0.25) is 0 Å². The van der Waals surface area contributed by atoms with Crippen molar-refractivity contribution in [3.63, 3.8) is 0 Å². The van der Waals surface area contributed by atoms with Crippen LogP contribution in [0.4, 0.5) is 4.79 Å². The fourth-order valence-electron chi connectivity index (χ4n) is 2.05. The van der Waals surface area contributed by atoms with Gasteiger partial charge in [0, 0.05) is 12.1 Å². The molecule has 0 fully saturated rings. The molecule has 2 aromatic carbocycles. The second kappa shape index (κ2) is 8.54. The molecule has 1 N–H and O–H groups in total. The van der Waals surface area contributed by atoms with Crippen molar-refractivity contribution in [2.75, 3.05) is 6.54 Å². The van der Waals surface area contributed by atoms with Crippen LogP contribution in [0.25, 0.3) is 6.08 Å². The summed E-state index contributed by atoms with van der Waals surface area (Å²) in [7, 11) is 0. The third-order valence-corrected chi connectivity index (χ3v) is 3.31. The molecule has 4 heteroatoms. The molecule has 0 heterocycles. The van der Waals surface area contributed by atoms with Gasteiger partial charge in [0.25, 0.3) is 0 Å². The van der Waals surface area contributed by atoms with E-state index < -0.39 is 6.09 Å². The molecule has 0 aliphatic carbocycles. The van der Waals surface area contributed by atoms with Crippen LogP contribution in [-0.2, 0) is 11.3 Å². The Hall–Kier alpha value is -2.88. The van der Waals surface area contributed by atoms with Gasteiger partial charge < -0.3 is 10.1 Å². The Bertz CT molecular complexity index is 693. The van der Waals surface area contributed by atoms with E-state index in [-0.39, 0.29) is 6.61 Å². The highest BCUT2D eigenvalue weighted by atomic mass is 16.5. The highest BCUT2D eigenvalue weighted by molar-refractivity contribution is 5.78. The Morgan fingerprint density at radius 3 is 2.65 bits per heavy atom. The molecule has 1 amide bonds. The quantitative estimate of drug-likeness (QED) is 0.827. The number of rotatable bonds is 6. The van der Waals surface area contributed by atoms with Gasteiger partial charge in [0.1, 0.15) is 12.9 Å².